The minimum atomic E-state index is -0.295. The standard InChI is InChI=1S/C36H42Cl2N8O3/c1-36(2,3)30-21-32(46(43-30)16-15-44-17-19-48-20-18-44)42-35(47)41-28-12-13-29(25-8-5-4-7-24(25)28)49-23-11-14-31(39)45(22-23)34(40)33-26(37)9-6-10-27(33)38/h4-11,14,21-22,28-29,39-40H,12-13,15-20H2,1-3H3,(H2,41,42,47)/t28-,29+/m0/s1. The molecule has 6 rings (SSSR count). The number of ether oxygens (including phenoxy) is 2. The number of aromatic nitrogens is 3. The number of carbonyl (C=O) groups excluding carboxylic acids is 1. The van der Waals surface area contributed by atoms with Crippen molar-refractivity contribution < 1.29 is 14.3 Å². The molecule has 0 radical (unpaired) electrons. The molecule has 11 nitrogen and oxygen atoms in total. The first kappa shape index (κ1) is 34.7. The van der Waals surface area contributed by atoms with Crippen LogP contribution in [0.25, 0.3) is 0 Å². The molecular formula is C36H42Cl2N8O3. The highest BCUT2D eigenvalue weighted by molar-refractivity contribution is 6.40. The third-order valence-corrected chi connectivity index (χ3v) is 9.53. The number of halogens is 2. The summed E-state index contributed by atoms with van der Waals surface area (Å²) in [5.41, 5.74) is 3.12. The maximum Gasteiger partial charge on any atom is 0.320 e. The Kier molecular flexibility index (Phi) is 10.4. The van der Waals surface area contributed by atoms with E-state index in [2.05, 4.69) is 36.3 Å². The molecule has 1 saturated heterocycles. The molecule has 4 N–H and O–H groups in total. The lowest BCUT2D eigenvalue weighted by Gasteiger charge is -2.32. The Balaban J connectivity index is 1.16. The zero-order valence-electron chi connectivity index (χ0n) is 27.9. The number of anilines is 1. The summed E-state index contributed by atoms with van der Waals surface area (Å²) in [7, 11) is 0. The zero-order chi connectivity index (χ0) is 34.7. The number of fused-ring (bicyclic) bond motifs is 1. The Labute approximate surface area is 296 Å². The molecule has 13 heteroatoms. The zero-order valence-corrected chi connectivity index (χ0v) is 29.4. The van der Waals surface area contributed by atoms with Gasteiger partial charge >= 0.3 is 6.03 Å². The molecule has 1 aliphatic heterocycles. The molecule has 0 saturated carbocycles. The van der Waals surface area contributed by atoms with Crippen LogP contribution in [0.3, 0.4) is 0 Å². The maximum atomic E-state index is 13.5. The van der Waals surface area contributed by atoms with Crippen LogP contribution >= 0.6 is 23.2 Å². The molecule has 0 unspecified atom stereocenters. The van der Waals surface area contributed by atoms with Gasteiger partial charge in [0, 0.05) is 31.1 Å². The van der Waals surface area contributed by atoms with Crippen LogP contribution in [-0.4, -0.2) is 64.0 Å². The van der Waals surface area contributed by atoms with Crippen LogP contribution in [0.15, 0.2) is 66.9 Å². The highest BCUT2D eigenvalue weighted by Gasteiger charge is 2.30. The average Bonchev–Trinajstić information content (AvgIpc) is 3.49. The quantitative estimate of drug-likeness (QED) is 0.119. The molecule has 49 heavy (non-hydrogen) atoms. The van der Waals surface area contributed by atoms with E-state index in [0.717, 1.165) is 49.7 Å². The Morgan fingerprint density at radius 1 is 1.00 bits per heavy atom. The fourth-order valence-corrected chi connectivity index (χ4v) is 6.77. The topological polar surface area (TPSA) is 133 Å². The van der Waals surface area contributed by atoms with Crippen LogP contribution in [0.2, 0.25) is 10.0 Å². The molecule has 1 fully saturated rings. The van der Waals surface area contributed by atoms with Gasteiger partial charge in [-0.15, -0.1) is 0 Å². The van der Waals surface area contributed by atoms with Gasteiger partial charge in [0.1, 0.15) is 29.0 Å². The summed E-state index contributed by atoms with van der Waals surface area (Å²) >= 11 is 12.7. The van der Waals surface area contributed by atoms with Crippen molar-refractivity contribution in [2.75, 3.05) is 38.2 Å². The molecule has 2 amide bonds. The third-order valence-electron chi connectivity index (χ3n) is 8.90. The van der Waals surface area contributed by atoms with Crippen LogP contribution in [0.1, 0.15) is 68.1 Å². The lowest BCUT2D eigenvalue weighted by atomic mass is 9.85. The third kappa shape index (κ3) is 8.02. The maximum absolute atomic E-state index is 13.5. The number of morpholine rings is 1. The van der Waals surface area contributed by atoms with Crippen molar-refractivity contribution in [2.45, 2.75) is 57.7 Å². The molecule has 0 bridgehead atoms. The fraction of sp³-hybridized carbons (Fsp3) is 0.389. The Morgan fingerprint density at radius 3 is 2.43 bits per heavy atom. The van der Waals surface area contributed by atoms with E-state index < -0.39 is 0 Å². The molecule has 0 spiro atoms. The Bertz CT molecular complexity index is 1870. The van der Waals surface area contributed by atoms with Crippen molar-refractivity contribution in [3.63, 3.8) is 0 Å². The van der Waals surface area contributed by atoms with Gasteiger partial charge in [0.15, 0.2) is 0 Å². The van der Waals surface area contributed by atoms with Crippen LogP contribution in [0.4, 0.5) is 10.6 Å². The Morgan fingerprint density at radius 2 is 1.71 bits per heavy atom. The highest BCUT2D eigenvalue weighted by Crippen LogP contribution is 2.39. The van der Waals surface area contributed by atoms with Gasteiger partial charge in [-0.25, -0.2) is 9.48 Å². The van der Waals surface area contributed by atoms with Gasteiger partial charge in [-0.1, -0.05) is 74.3 Å². The second-order valence-electron chi connectivity index (χ2n) is 13.4. The summed E-state index contributed by atoms with van der Waals surface area (Å²) in [6.45, 7) is 11.1. The lowest BCUT2D eigenvalue weighted by Crippen LogP contribution is -2.39. The van der Waals surface area contributed by atoms with E-state index in [1.165, 1.54) is 4.57 Å². The SMILES string of the molecule is CC(C)(C)c1cc(NC(=O)N[C@H]2CC[C@@H](Oc3ccc(=N)n(C(=N)c4c(Cl)cccc4Cl)c3)c3ccccc32)n(CCN2CCOCC2)n1. The van der Waals surface area contributed by atoms with Crippen LogP contribution in [0, 0.1) is 10.8 Å². The number of pyridine rings is 1. The molecule has 2 aliphatic rings. The van der Waals surface area contributed by atoms with Crippen molar-refractivity contribution in [1.82, 2.24) is 24.6 Å². The average molecular weight is 706 g/mol. The number of rotatable bonds is 8. The minimum Gasteiger partial charge on any atom is -0.484 e. The normalized spacial score (nSPS) is 18.1. The summed E-state index contributed by atoms with van der Waals surface area (Å²) in [6.07, 6.45) is 2.61. The van der Waals surface area contributed by atoms with Gasteiger partial charge in [0.05, 0.1) is 53.3 Å². The van der Waals surface area contributed by atoms with E-state index in [9.17, 15) is 4.79 Å². The summed E-state index contributed by atoms with van der Waals surface area (Å²) < 4.78 is 15.3. The molecule has 1 aliphatic carbocycles. The minimum absolute atomic E-state index is 0.0255. The molecule has 2 atom stereocenters. The van der Waals surface area contributed by atoms with Crippen LogP contribution < -0.4 is 20.9 Å². The molecule has 2 aromatic heterocycles. The monoisotopic (exact) mass is 704 g/mol. The number of benzene rings is 2. The molecule has 2 aromatic carbocycles. The van der Waals surface area contributed by atoms with Gasteiger partial charge in [-0.05, 0) is 48.2 Å². The summed E-state index contributed by atoms with van der Waals surface area (Å²) in [4.78, 5) is 15.8. The fourth-order valence-electron chi connectivity index (χ4n) is 6.19. The summed E-state index contributed by atoms with van der Waals surface area (Å²) in [5, 5.41) is 29.0. The van der Waals surface area contributed by atoms with Gasteiger partial charge in [-0.2, -0.15) is 5.10 Å². The molecule has 4 aromatic rings. The van der Waals surface area contributed by atoms with Crippen molar-refractivity contribution in [3.8, 4) is 5.75 Å². The largest absolute Gasteiger partial charge is 0.484 e. The second kappa shape index (κ2) is 14.8. The molecule has 3 heterocycles. The first-order valence-corrected chi connectivity index (χ1v) is 17.3. The molecular weight excluding hydrogens is 663 g/mol. The van der Waals surface area contributed by atoms with Crippen molar-refractivity contribution >= 4 is 40.9 Å². The van der Waals surface area contributed by atoms with Crippen LogP contribution in [-0.2, 0) is 16.7 Å². The molecule has 258 valence electrons. The predicted octanol–water partition coefficient (Wildman–Crippen LogP) is 6.75. The first-order chi connectivity index (χ1) is 23.5. The lowest BCUT2D eigenvalue weighted by molar-refractivity contribution is 0.0360. The summed E-state index contributed by atoms with van der Waals surface area (Å²) in [6, 6.07) is 17.7. The number of carbonyl (C=O) groups is 1. The van der Waals surface area contributed by atoms with Crippen molar-refractivity contribution in [2.24, 2.45) is 0 Å². The van der Waals surface area contributed by atoms with Gasteiger partial charge in [-0.3, -0.25) is 25.6 Å². The van der Waals surface area contributed by atoms with E-state index in [4.69, 9.17) is 48.6 Å². The number of amides is 2. The second-order valence-corrected chi connectivity index (χ2v) is 14.2. The highest BCUT2D eigenvalue weighted by atomic mass is 35.5. The van der Waals surface area contributed by atoms with E-state index in [-0.39, 0.29) is 34.9 Å². The predicted molar refractivity (Wildman–Crippen MR) is 191 cm³/mol. The van der Waals surface area contributed by atoms with E-state index >= 15 is 0 Å². The van der Waals surface area contributed by atoms with E-state index in [1.807, 2.05) is 35.0 Å². The van der Waals surface area contributed by atoms with Crippen molar-refractivity contribution in [3.05, 3.63) is 105 Å². The van der Waals surface area contributed by atoms with E-state index in [0.29, 0.717) is 46.6 Å². The number of nitrogens with one attached hydrogen (secondary N) is 4. The smallest absolute Gasteiger partial charge is 0.320 e. The number of hydrogen-bond donors (Lipinski definition) is 4. The Hall–Kier alpha value is -4.16. The van der Waals surface area contributed by atoms with Gasteiger partial charge in [0.25, 0.3) is 0 Å². The number of hydrogen-bond acceptors (Lipinski definition) is 7. The van der Waals surface area contributed by atoms with E-state index in [1.54, 1.807) is 36.5 Å². The van der Waals surface area contributed by atoms with Crippen LogP contribution in [0.5, 0.6) is 5.75 Å². The van der Waals surface area contributed by atoms with Crippen molar-refractivity contribution in [1.29, 1.82) is 10.8 Å². The number of nitrogens with zero attached hydrogens (tertiary/aromatic N) is 4. The van der Waals surface area contributed by atoms with Gasteiger partial charge < -0.3 is 14.8 Å². The summed E-state index contributed by atoms with van der Waals surface area (Å²) in [5.74, 6) is 1.13. The van der Waals surface area contributed by atoms with Gasteiger partial charge in [0.2, 0.25) is 0 Å². The first-order valence-electron chi connectivity index (χ1n) is 16.5. The number of urea groups is 1.